The Morgan fingerprint density at radius 3 is 3.10 bits per heavy atom. The molecule has 0 aliphatic heterocycles. The topological polar surface area (TPSA) is 24.9 Å². The van der Waals surface area contributed by atoms with Crippen LogP contribution in [0.4, 0.5) is 0 Å². The van der Waals surface area contributed by atoms with Crippen LogP contribution in [0.2, 0.25) is 0 Å². The predicted molar refractivity (Wildman–Crippen MR) is 85.3 cm³/mol. The van der Waals surface area contributed by atoms with Crippen molar-refractivity contribution in [2.45, 2.75) is 44.6 Å². The second kappa shape index (κ2) is 6.51. The molecule has 3 rings (SSSR count). The minimum Gasteiger partial charge on any atom is -0.307 e. The number of hydrogen-bond donors (Lipinski definition) is 1. The highest BCUT2D eigenvalue weighted by Gasteiger charge is 2.21. The fraction of sp³-hybridized carbons (Fsp3) is 0.471. The van der Waals surface area contributed by atoms with Gasteiger partial charge in [-0.2, -0.15) is 0 Å². The smallest absolute Gasteiger partial charge is 0.109 e. The van der Waals surface area contributed by atoms with Crippen LogP contribution < -0.4 is 5.32 Å². The van der Waals surface area contributed by atoms with Crippen molar-refractivity contribution in [2.24, 2.45) is 0 Å². The average molecular weight is 286 g/mol. The molecule has 0 fully saturated rings. The van der Waals surface area contributed by atoms with E-state index in [1.54, 1.807) is 22.5 Å². The van der Waals surface area contributed by atoms with Crippen molar-refractivity contribution in [1.82, 2.24) is 10.3 Å². The van der Waals surface area contributed by atoms with Gasteiger partial charge in [-0.15, -0.1) is 11.3 Å². The molecule has 2 aromatic rings. The molecule has 1 N–H and O–H groups in total. The van der Waals surface area contributed by atoms with Crippen LogP contribution >= 0.6 is 11.3 Å². The molecule has 1 aromatic heterocycles. The summed E-state index contributed by atoms with van der Waals surface area (Å²) in [6, 6.07) is 9.35. The molecular weight excluding hydrogens is 264 g/mol. The van der Waals surface area contributed by atoms with Crippen molar-refractivity contribution in [3.63, 3.8) is 0 Å². The Balaban J connectivity index is 1.67. The number of nitrogens with one attached hydrogen (secondary N) is 1. The van der Waals surface area contributed by atoms with E-state index in [0.29, 0.717) is 12.0 Å². The van der Waals surface area contributed by atoms with Crippen LogP contribution in [0.15, 0.2) is 35.8 Å². The van der Waals surface area contributed by atoms with Gasteiger partial charge in [0.15, 0.2) is 0 Å². The molecule has 2 nitrogen and oxygen atoms in total. The fourth-order valence-corrected chi connectivity index (χ4v) is 3.96. The lowest BCUT2D eigenvalue weighted by molar-refractivity contribution is 0.449. The zero-order chi connectivity index (χ0) is 13.8. The minimum atomic E-state index is 0.407. The first-order valence-electron chi connectivity index (χ1n) is 7.59. The number of hydrogen-bond acceptors (Lipinski definition) is 3. The fourth-order valence-electron chi connectivity index (χ4n) is 3.16. The predicted octanol–water partition coefficient (Wildman–Crippen LogP) is 4.30. The molecular formula is C17H22N2S. The van der Waals surface area contributed by atoms with Gasteiger partial charge in [-0.25, -0.2) is 4.98 Å². The Kier molecular flexibility index (Phi) is 4.48. The Hall–Kier alpha value is -1.19. The van der Waals surface area contributed by atoms with Gasteiger partial charge in [-0.05, 0) is 42.7 Å². The van der Waals surface area contributed by atoms with Gasteiger partial charge >= 0.3 is 0 Å². The SMILES string of the molecule is CCC(NCC1CCCc2ccccc21)c1nccs1. The summed E-state index contributed by atoms with van der Waals surface area (Å²) < 4.78 is 0. The summed E-state index contributed by atoms with van der Waals surface area (Å²) in [7, 11) is 0. The number of aryl methyl sites for hydroxylation is 1. The first kappa shape index (κ1) is 13.8. The number of aromatic nitrogens is 1. The summed E-state index contributed by atoms with van der Waals surface area (Å²) in [6.45, 7) is 3.29. The third kappa shape index (κ3) is 2.94. The van der Waals surface area contributed by atoms with E-state index in [1.165, 1.54) is 24.3 Å². The van der Waals surface area contributed by atoms with Crippen molar-refractivity contribution in [1.29, 1.82) is 0 Å². The second-order valence-corrected chi connectivity index (χ2v) is 6.45. The number of nitrogens with zero attached hydrogens (tertiary/aromatic N) is 1. The monoisotopic (exact) mass is 286 g/mol. The summed E-state index contributed by atoms with van der Waals surface area (Å²) in [6.07, 6.45) is 6.87. The highest BCUT2D eigenvalue weighted by molar-refractivity contribution is 7.09. The number of thiazole rings is 1. The van der Waals surface area contributed by atoms with Crippen LogP contribution in [0, 0.1) is 0 Å². The van der Waals surface area contributed by atoms with Crippen molar-refractivity contribution in [3.05, 3.63) is 52.0 Å². The molecule has 0 bridgehead atoms. The summed E-state index contributed by atoms with van der Waals surface area (Å²) in [4.78, 5) is 4.45. The van der Waals surface area contributed by atoms with Crippen molar-refractivity contribution < 1.29 is 0 Å². The van der Waals surface area contributed by atoms with Crippen LogP contribution in [0.25, 0.3) is 0 Å². The van der Waals surface area contributed by atoms with Gasteiger partial charge in [0.25, 0.3) is 0 Å². The minimum absolute atomic E-state index is 0.407. The third-order valence-electron chi connectivity index (χ3n) is 4.26. The molecule has 3 heteroatoms. The summed E-state index contributed by atoms with van der Waals surface area (Å²) >= 11 is 1.75. The molecule has 0 spiro atoms. The summed E-state index contributed by atoms with van der Waals surface area (Å²) in [5, 5.41) is 7.01. The number of fused-ring (bicyclic) bond motifs is 1. The zero-order valence-electron chi connectivity index (χ0n) is 12.0. The zero-order valence-corrected chi connectivity index (χ0v) is 12.8. The number of benzene rings is 1. The maximum absolute atomic E-state index is 4.45. The first-order valence-corrected chi connectivity index (χ1v) is 8.47. The highest BCUT2D eigenvalue weighted by atomic mass is 32.1. The van der Waals surface area contributed by atoms with Gasteiger partial charge in [0.05, 0.1) is 6.04 Å². The first-order chi connectivity index (χ1) is 9.88. The third-order valence-corrected chi connectivity index (χ3v) is 5.15. The average Bonchev–Trinajstić information content (AvgIpc) is 3.02. The Morgan fingerprint density at radius 1 is 1.40 bits per heavy atom. The molecule has 1 aromatic carbocycles. The van der Waals surface area contributed by atoms with Crippen LogP contribution in [0.5, 0.6) is 0 Å². The van der Waals surface area contributed by atoms with Gasteiger partial charge < -0.3 is 5.32 Å². The normalized spacial score (nSPS) is 19.6. The van der Waals surface area contributed by atoms with Gasteiger partial charge in [0.1, 0.15) is 5.01 Å². The molecule has 0 amide bonds. The van der Waals surface area contributed by atoms with E-state index in [0.717, 1.165) is 13.0 Å². The standard InChI is InChI=1S/C17H22N2S/c1-2-16(17-18-10-11-20-17)19-12-14-8-5-7-13-6-3-4-9-15(13)14/h3-4,6,9-11,14,16,19H,2,5,7-8,12H2,1H3. The highest BCUT2D eigenvalue weighted by Crippen LogP contribution is 2.31. The second-order valence-electron chi connectivity index (χ2n) is 5.53. The largest absolute Gasteiger partial charge is 0.307 e. The van der Waals surface area contributed by atoms with Crippen molar-refractivity contribution >= 4 is 11.3 Å². The maximum atomic E-state index is 4.45. The van der Waals surface area contributed by atoms with Crippen molar-refractivity contribution in [2.75, 3.05) is 6.54 Å². The van der Waals surface area contributed by atoms with Crippen LogP contribution in [0.1, 0.15) is 54.3 Å². The van der Waals surface area contributed by atoms with E-state index >= 15 is 0 Å². The molecule has 2 atom stereocenters. The van der Waals surface area contributed by atoms with Gasteiger partial charge in [-0.3, -0.25) is 0 Å². The summed E-state index contributed by atoms with van der Waals surface area (Å²) in [5.41, 5.74) is 3.10. The molecule has 0 saturated heterocycles. The lowest BCUT2D eigenvalue weighted by Crippen LogP contribution is -2.28. The lowest BCUT2D eigenvalue weighted by Gasteiger charge is -2.27. The van der Waals surface area contributed by atoms with Gasteiger partial charge in [0, 0.05) is 18.1 Å². The van der Waals surface area contributed by atoms with Crippen LogP contribution in [-0.4, -0.2) is 11.5 Å². The molecule has 1 aliphatic carbocycles. The summed E-state index contributed by atoms with van der Waals surface area (Å²) in [5.74, 6) is 0.661. The quantitative estimate of drug-likeness (QED) is 0.886. The lowest BCUT2D eigenvalue weighted by atomic mass is 9.83. The maximum Gasteiger partial charge on any atom is 0.109 e. The van der Waals surface area contributed by atoms with E-state index in [2.05, 4.69) is 46.9 Å². The van der Waals surface area contributed by atoms with Crippen LogP contribution in [-0.2, 0) is 6.42 Å². The molecule has 1 heterocycles. The van der Waals surface area contributed by atoms with Gasteiger partial charge in [0.2, 0.25) is 0 Å². The van der Waals surface area contributed by atoms with E-state index in [-0.39, 0.29) is 0 Å². The number of rotatable bonds is 5. The Labute approximate surface area is 125 Å². The Bertz CT molecular complexity index is 536. The van der Waals surface area contributed by atoms with Crippen LogP contribution in [0.3, 0.4) is 0 Å². The molecule has 0 radical (unpaired) electrons. The van der Waals surface area contributed by atoms with E-state index < -0.39 is 0 Å². The van der Waals surface area contributed by atoms with Crippen molar-refractivity contribution in [3.8, 4) is 0 Å². The van der Waals surface area contributed by atoms with Gasteiger partial charge in [-0.1, -0.05) is 31.2 Å². The molecule has 106 valence electrons. The molecule has 0 saturated carbocycles. The van der Waals surface area contributed by atoms with E-state index in [1.807, 2.05) is 6.20 Å². The Morgan fingerprint density at radius 2 is 2.30 bits per heavy atom. The van der Waals surface area contributed by atoms with E-state index in [9.17, 15) is 0 Å². The molecule has 1 aliphatic rings. The molecule has 20 heavy (non-hydrogen) atoms. The molecule has 2 unspecified atom stereocenters. The van der Waals surface area contributed by atoms with E-state index in [4.69, 9.17) is 0 Å².